The van der Waals surface area contributed by atoms with Gasteiger partial charge in [-0.05, 0) is 113 Å². The fourth-order valence-electron chi connectivity index (χ4n) is 5.23. The van der Waals surface area contributed by atoms with Crippen molar-refractivity contribution in [3.63, 3.8) is 0 Å². The van der Waals surface area contributed by atoms with Crippen LogP contribution >= 0.6 is 15.9 Å². The molecule has 0 radical (unpaired) electrons. The van der Waals surface area contributed by atoms with E-state index in [0.717, 1.165) is 61.0 Å². The molecular weight excluding hydrogens is 794 g/mol. The molecular formula is C42H44BrN7O7. The Bertz CT molecular complexity index is 2320. The minimum absolute atomic E-state index is 0.152. The molecule has 0 unspecified atom stereocenters. The molecule has 15 heteroatoms. The summed E-state index contributed by atoms with van der Waals surface area (Å²) in [6, 6.07) is 16.4. The van der Waals surface area contributed by atoms with Crippen molar-refractivity contribution in [1.82, 2.24) is 35.2 Å². The summed E-state index contributed by atoms with van der Waals surface area (Å²) in [7, 11) is 3.14. The number of nitrogens with zero attached hydrogens (tertiary/aromatic N) is 7. The van der Waals surface area contributed by atoms with Gasteiger partial charge in [0.05, 0.1) is 41.5 Å². The zero-order chi connectivity index (χ0) is 41.5. The number of hydrogen-bond acceptors (Lipinski definition) is 14. The maximum absolute atomic E-state index is 10.6. The van der Waals surface area contributed by atoms with E-state index in [1.807, 2.05) is 77.1 Å². The van der Waals surface area contributed by atoms with Gasteiger partial charge in [-0.15, -0.1) is 0 Å². The van der Waals surface area contributed by atoms with Crippen LogP contribution in [0.15, 0.2) is 99.1 Å². The summed E-state index contributed by atoms with van der Waals surface area (Å²) in [6.45, 7) is 12.8. The number of halogens is 1. The van der Waals surface area contributed by atoms with Crippen LogP contribution in [0.4, 0.5) is 0 Å². The molecule has 57 heavy (non-hydrogen) atoms. The van der Waals surface area contributed by atoms with E-state index in [1.54, 1.807) is 71.2 Å². The maximum Gasteiger partial charge on any atom is 0.257 e. The quantitative estimate of drug-likeness (QED) is 0.153. The molecule has 7 aromatic rings. The molecule has 0 aliphatic heterocycles. The highest BCUT2D eigenvalue weighted by Crippen LogP contribution is 2.36. The maximum atomic E-state index is 10.6. The summed E-state index contributed by atoms with van der Waals surface area (Å²) in [5.74, 6) is 4.07. The first-order chi connectivity index (χ1) is 27.3. The van der Waals surface area contributed by atoms with Crippen molar-refractivity contribution in [3.05, 3.63) is 130 Å². The third kappa shape index (κ3) is 12.3. The van der Waals surface area contributed by atoms with Crippen LogP contribution in [-0.4, -0.2) is 60.3 Å². The van der Waals surface area contributed by atoms with Gasteiger partial charge in [0.1, 0.15) is 28.8 Å². The highest BCUT2D eigenvalue weighted by Gasteiger charge is 2.17. The van der Waals surface area contributed by atoms with Crippen LogP contribution in [0.3, 0.4) is 0 Å². The van der Waals surface area contributed by atoms with Crippen molar-refractivity contribution >= 4 is 21.7 Å². The SMILES string of the molecule is CC(=O)Cc1ccccn1.COc1ncc(-c2c(C)noc2C)cc1Br.COc1ncc(-c2c(C)noc2C)cc1Oc1cccnc1C.Cc1ncccc1O. The van der Waals surface area contributed by atoms with Crippen molar-refractivity contribution in [3.8, 4) is 51.3 Å². The predicted octanol–water partition coefficient (Wildman–Crippen LogP) is 9.29. The van der Waals surface area contributed by atoms with Crippen LogP contribution in [0.1, 0.15) is 46.9 Å². The molecule has 0 aliphatic rings. The van der Waals surface area contributed by atoms with Gasteiger partial charge in [0.25, 0.3) is 5.88 Å². The van der Waals surface area contributed by atoms with Gasteiger partial charge in [0, 0.05) is 65.4 Å². The molecule has 0 saturated heterocycles. The van der Waals surface area contributed by atoms with Gasteiger partial charge in [-0.2, -0.15) is 0 Å². The average Bonchev–Trinajstić information content (AvgIpc) is 3.72. The number of ether oxygens (including phenoxy) is 3. The van der Waals surface area contributed by atoms with E-state index in [9.17, 15) is 4.79 Å². The smallest absolute Gasteiger partial charge is 0.257 e. The molecule has 0 aromatic carbocycles. The fraction of sp³-hybridized carbons (Fsp3) is 0.238. The molecule has 0 atom stereocenters. The second kappa shape index (κ2) is 21.0. The van der Waals surface area contributed by atoms with Crippen molar-refractivity contribution in [1.29, 1.82) is 0 Å². The van der Waals surface area contributed by atoms with Crippen LogP contribution < -0.4 is 14.2 Å². The Morgan fingerprint density at radius 2 is 1.23 bits per heavy atom. The van der Waals surface area contributed by atoms with E-state index in [4.69, 9.17) is 28.4 Å². The molecule has 7 heterocycles. The van der Waals surface area contributed by atoms with Crippen LogP contribution in [0, 0.1) is 41.5 Å². The standard InChI is InChI=1S/C17H17N3O3.C11H11BrN2O2.C8H9NO.C6H7NO/c1-10-14(6-5-7-18-10)22-15-8-13(9-19-17(15)21-4)16-11(2)20-23-12(16)3;1-6-10(7(2)16-14-6)8-4-9(12)11(15-3)13-5-8;1-7(10)6-8-4-2-3-5-9-8;1-5-6(8)3-2-4-7-5/h5-9H,1-4H3;4-5H,1-3H3;2-5H,6H2,1H3;2-4,8H,1H3. The van der Waals surface area contributed by atoms with E-state index in [0.29, 0.717) is 35.4 Å². The van der Waals surface area contributed by atoms with Crippen LogP contribution in [-0.2, 0) is 11.2 Å². The summed E-state index contributed by atoms with van der Waals surface area (Å²) in [5.41, 5.74) is 7.68. The lowest BCUT2D eigenvalue weighted by molar-refractivity contribution is -0.116. The third-order valence-corrected chi connectivity index (χ3v) is 8.54. The number of ketones is 1. The summed E-state index contributed by atoms with van der Waals surface area (Å²) >= 11 is 3.40. The molecule has 0 spiro atoms. The minimum Gasteiger partial charge on any atom is -0.506 e. The second-order valence-corrected chi connectivity index (χ2v) is 13.2. The molecule has 0 bridgehead atoms. The van der Waals surface area contributed by atoms with Gasteiger partial charge in [-0.1, -0.05) is 16.4 Å². The molecule has 0 amide bonds. The topological polar surface area (TPSA) is 181 Å². The normalized spacial score (nSPS) is 10.1. The lowest BCUT2D eigenvalue weighted by Crippen LogP contribution is -1.97. The number of hydrogen-bond donors (Lipinski definition) is 1. The zero-order valence-electron chi connectivity index (χ0n) is 33.2. The van der Waals surface area contributed by atoms with E-state index >= 15 is 0 Å². The Balaban J connectivity index is 0.000000183. The van der Waals surface area contributed by atoms with Gasteiger partial charge in [0.15, 0.2) is 5.75 Å². The van der Waals surface area contributed by atoms with Gasteiger partial charge in [-0.3, -0.25) is 19.7 Å². The Morgan fingerprint density at radius 1 is 0.667 bits per heavy atom. The number of aromatic hydroxyl groups is 1. The lowest BCUT2D eigenvalue weighted by atomic mass is 10.1. The van der Waals surface area contributed by atoms with Crippen molar-refractivity contribution in [2.45, 2.75) is 54.9 Å². The molecule has 0 aliphatic carbocycles. The Hall–Kier alpha value is -6.48. The van der Waals surface area contributed by atoms with Crippen molar-refractivity contribution in [2.75, 3.05) is 14.2 Å². The number of Topliss-reactive ketones (excluding diaryl/α,β-unsaturated/α-hetero) is 1. The summed E-state index contributed by atoms with van der Waals surface area (Å²) < 4.78 is 27.5. The highest BCUT2D eigenvalue weighted by atomic mass is 79.9. The molecule has 7 rings (SSSR count). The van der Waals surface area contributed by atoms with E-state index < -0.39 is 0 Å². The van der Waals surface area contributed by atoms with Crippen LogP contribution in [0.25, 0.3) is 22.3 Å². The Labute approximate surface area is 339 Å². The molecule has 7 aromatic heterocycles. The van der Waals surface area contributed by atoms with Gasteiger partial charge in [-0.25, -0.2) is 9.97 Å². The van der Waals surface area contributed by atoms with Gasteiger partial charge >= 0.3 is 0 Å². The third-order valence-electron chi connectivity index (χ3n) is 7.97. The minimum atomic E-state index is 0.152. The summed E-state index contributed by atoms with van der Waals surface area (Å²) in [6.07, 6.45) is 8.97. The van der Waals surface area contributed by atoms with Crippen molar-refractivity contribution in [2.24, 2.45) is 0 Å². The summed E-state index contributed by atoms with van der Waals surface area (Å²) in [4.78, 5) is 31.1. The van der Waals surface area contributed by atoms with Gasteiger partial charge in [0.2, 0.25) is 5.88 Å². The first kappa shape index (κ1) is 43.3. The number of aryl methyl sites for hydroxylation is 6. The number of methoxy groups -OCH3 is 2. The average molecular weight is 839 g/mol. The monoisotopic (exact) mass is 837 g/mol. The molecule has 1 N–H and O–H groups in total. The highest BCUT2D eigenvalue weighted by molar-refractivity contribution is 9.10. The fourth-order valence-corrected chi connectivity index (χ4v) is 5.74. The number of carbonyl (C=O) groups is 1. The van der Waals surface area contributed by atoms with E-state index in [2.05, 4.69) is 51.2 Å². The molecule has 0 saturated carbocycles. The molecule has 0 fully saturated rings. The summed E-state index contributed by atoms with van der Waals surface area (Å²) in [5, 5.41) is 16.8. The van der Waals surface area contributed by atoms with Crippen LogP contribution in [0.5, 0.6) is 29.0 Å². The number of pyridine rings is 5. The number of carbonyl (C=O) groups excluding carboxylic acids is 1. The largest absolute Gasteiger partial charge is 0.506 e. The Kier molecular flexibility index (Phi) is 15.9. The van der Waals surface area contributed by atoms with Crippen molar-refractivity contribution < 1.29 is 33.2 Å². The Morgan fingerprint density at radius 3 is 1.68 bits per heavy atom. The lowest BCUT2D eigenvalue weighted by Gasteiger charge is -2.12. The molecule has 296 valence electrons. The first-order valence-corrected chi connectivity index (χ1v) is 18.3. The van der Waals surface area contributed by atoms with Crippen LogP contribution in [0.2, 0.25) is 0 Å². The predicted molar refractivity (Wildman–Crippen MR) is 218 cm³/mol. The number of rotatable bonds is 8. The first-order valence-electron chi connectivity index (χ1n) is 17.5. The number of aromatic nitrogens is 7. The second-order valence-electron chi connectivity index (χ2n) is 12.3. The zero-order valence-corrected chi connectivity index (χ0v) is 34.8. The van der Waals surface area contributed by atoms with E-state index in [-0.39, 0.29) is 11.5 Å². The van der Waals surface area contributed by atoms with E-state index in [1.165, 1.54) is 0 Å². The van der Waals surface area contributed by atoms with Gasteiger partial charge < -0.3 is 28.4 Å². The molecule has 14 nitrogen and oxygen atoms in total.